The van der Waals surface area contributed by atoms with Gasteiger partial charge in [-0.2, -0.15) is 5.10 Å². The smallest absolute Gasteiger partial charge is 0.254 e. The lowest BCUT2D eigenvalue weighted by molar-refractivity contribution is -0.132. The van der Waals surface area contributed by atoms with Crippen molar-refractivity contribution in [2.24, 2.45) is 0 Å². The Balaban J connectivity index is 1.36. The number of nitrogens with one attached hydrogen (secondary N) is 1. The molecule has 1 amide bonds. The Labute approximate surface area is 163 Å². The average Bonchev–Trinajstić information content (AvgIpc) is 3.32. The van der Waals surface area contributed by atoms with Crippen molar-refractivity contribution in [2.75, 3.05) is 13.1 Å². The summed E-state index contributed by atoms with van der Waals surface area (Å²) in [6.45, 7) is 5.36. The van der Waals surface area contributed by atoms with Crippen LogP contribution in [0.5, 0.6) is 5.88 Å². The first-order chi connectivity index (χ1) is 13.6. The van der Waals surface area contributed by atoms with Crippen molar-refractivity contribution >= 4 is 16.9 Å². The highest BCUT2D eigenvalue weighted by Crippen LogP contribution is 2.30. The molecule has 4 heterocycles. The van der Waals surface area contributed by atoms with Gasteiger partial charge in [-0.05, 0) is 44.0 Å². The number of ether oxygens (including phenoxy) is 1. The molecule has 0 saturated carbocycles. The maximum atomic E-state index is 12.7. The Bertz CT molecular complexity index is 948. The molecule has 0 aromatic carbocycles. The Morgan fingerprint density at radius 1 is 1.46 bits per heavy atom. The number of nitrogens with zero attached hydrogens (tertiary/aromatic N) is 4. The molecular weight excluding hydrogens is 358 g/mol. The lowest BCUT2D eigenvalue weighted by Crippen LogP contribution is -2.39. The van der Waals surface area contributed by atoms with Gasteiger partial charge in [0.05, 0.1) is 6.10 Å². The monoisotopic (exact) mass is 383 g/mol. The lowest BCUT2D eigenvalue weighted by Gasteiger charge is -2.32. The fraction of sp³-hybridized carbons (Fsp3) is 0.500. The normalized spacial score (nSPS) is 17.4. The van der Waals surface area contributed by atoms with Gasteiger partial charge in [-0.15, -0.1) is 0 Å². The maximum Gasteiger partial charge on any atom is 0.254 e. The van der Waals surface area contributed by atoms with E-state index < -0.39 is 0 Å². The van der Waals surface area contributed by atoms with E-state index in [1.165, 1.54) is 0 Å². The summed E-state index contributed by atoms with van der Waals surface area (Å²) < 4.78 is 10.8. The Morgan fingerprint density at radius 3 is 3.21 bits per heavy atom. The summed E-state index contributed by atoms with van der Waals surface area (Å²) in [5.41, 5.74) is 1.80. The first-order valence-electron chi connectivity index (χ1n) is 9.79. The minimum absolute atomic E-state index is 0.0404. The number of rotatable bonds is 6. The van der Waals surface area contributed by atoms with Gasteiger partial charge in [0, 0.05) is 55.2 Å². The molecule has 8 heteroatoms. The summed E-state index contributed by atoms with van der Waals surface area (Å²) in [6, 6.07) is 5.71. The van der Waals surface area contributed by atoms with Crippen molar-refractivity contribution in [1.82, 2.24) is 25.2 Å². The highest BCUT2D eigenvalue weighted by molar-refractivity contribution is 5.79. The average molecular weight is 383 g/mol. The molecule has 1 unspecified atom stereocenters. The zero-order chi connectivity index (χ0) is 19.5. The minimum Gasteiger partial charge on any atom is -0.473 e. The predicted octanol–water partition coefficient (Wildman–Crippen LogP) is 3.07. The zero-order valence-corrected chi connectivity index (χ0v) is 16.2. The molecular formula is C20H25N5O3. The highest BCUT2D eigenvalue weighted by atomic mass is 16.5. The summed E-state index contributed by atoms with van der Waals surface area (Å²) in [4.78, 5) is 19.0. The van der Waals surface area contributed by atoms with Crippen LogP contribution in [0.15, 0.2) is 28.9 Å². The van der Waals surface area contributed by atoms with E-state index in [1.54, 1.807) is 12.3 Å². The van der Waals surface area contributed by atoms with E-state index in [1.807, 2.05) is 30.9 Å². The Morgan fingerprint density at radius 2 is 2.36 bits per heavy atom. The van der Waals surface area contributed by atoms with Crippen molar-refractivity contribution < 1.29 is 14.1 Å². The van der Waals surface area contributed by atoms with Crippen molar-refractivity contribution in [3.63, 3.8) is 0 Å². The standard InChI is InChI=1S/C20H25N5O3/c1-13(2)27-17-11-15(28-24-17)7-8-18(26)25-10-4-5-14(12-25)19-16-6-3-9-21-20(16)23-22-19/h3,6,9,11,13-14H,4-5,7-8,10,12H2,1-2H3,(H,21,22,23). The van der Waals surface area contributed by atoms with E-state index in [-0.39, 0.29) is 17.9 Å². The fourth-order valence-electron chi connectivity index (χ4n) is 3.72. The zero-order valence-electron chi connectivity index (χ0n) is 16.2. The molecule has 0 aliphatic carbocycles. The molecule has 1 atom stereocenters. The first-order valence-corrected chi connectivity index (χ1v) is 9.79. The number of carbonyl (C=O) groups is 1. The number of fused-ring (bicyclic) bond motifs is 1. The third kappa shape index (κ3) is 4.00. The topological polar surface area (TPSA) is 97.1 Å². The third-order valence-corrected chi connectivity index (χ3v) is 5.02. The van der Waals surface area contributed by atoms with Crippen LogP contribution < -0.4 is 4.74 Å². The van der Waals surface area contributed by atoms with Crippen molar-refractivity contribution in [3.8, 4) is 5.88 Å². The maximum absolute atomic E-state index is 12.7. The number of likely N-dealkylation sites (tertiary alicyclic amines) is 1. The number of aromatic amines is 1. The van der Waals surface area contributed by atoms with Crippen molar-refractivity contribution in [2.45, 2.75) is 51.6 Å². The van der Waals surface area contributed by atoms with E-state index >= 15 is 0 Å². The van der Waals surface area contributed by atoms with E-state index in [9.17, 15) is 4.79 Å². The van der Waals surface area contributed by atoms with Gasteiger partial charge in [-0.25, -0.2) is 4.98 Å². The van der Waals surface area contributed by atoms with Crippen LogP contribution in [0.2, 0.25) is 0 Å². The fourth-order valence-corrected chi connectivity index (χ4v) is 3.72. The number of aryl methyl sites for hydroxylation is 1. The summed E-state index contributed by atoms with van der Waals surface area (Å²) in [7, 11) is 0. The van der Waals surface area contributed by atoms with Crippen LogP contribution >= 0.6 is 0 Å². The van der Waals surface area contributed by atoms with Gasteiger partial charge in [0.2, 0.25) is 5.91 Å². The molecule has 1 N–H and O–H groups in total. The van der Waals surface area contributed by atoms with Crippen LogP contribution in [0.4, 0.5) is 0 Å². The van der Waals surface area contributed by atoms with Gasteiger partial charge in [-0.3, -0.25) is 9.89 Å². The molecule has 3 aromatic heterocycles. The molecule has 8 nitrogen and oxygen atoms in total. The number of hydrogen-bond donors (Lipinski definition) is 1. The third-order valence-electron chi connectivity index (χ3n) is 5.02. The molecule has 0 bridgehead atoms. The molecule has 1 saturated heterocycles. The molecule has 148 valence electrons. The molecule has 1 aliphatic rings. The minimum atomic E-state index is 0.0404. The number of pyridine rings is 1. The van der Waals surface area contributed by atoms with Crippen LogP contribution in [0, 0.1) is 0 Å². The first kappa shape index (κ1) is 18.5. The summed E-state index contributed by atoms with van der Waals surface area (Å²) in [5, 5.41) is 12.3. The van der Waals surface area contributed by atoms with Crippen molar-refractivity contribution in [3.05, 3.63) is 35.9 Å². The van der Waals surface area contributed by atoms with E-state index in [0.29, 0.717) is 31.0 Å². The molecule has 1 fully saturated rings. The second-order valence-corrected chi connectivity index (χ2v) is 7.49. The van der Waals surface area contributed by atoms with Crippen LogP contribution in [-0.2, 0) is 11.2 Å². The van der Waals surface area contributed by atoms with Crippen LogP contribution in [0.25, 0.3) is 11.0 Å². The second kappa shape index (κ2) is 8.00. The molecule has 28 heavy (non-hydrogen) atoms. The van der Waals surface area contributed by atoms with Gasteiger partial charge < -0.3 is 14.2 Å². The van der Waals surface area contributed by atoms with Crippen LogP contribution in [-0.4, -0.2) is 50.3 Å². The summed E-state index contributed by atoms with van der Waals surface area (Å²) in [6.07, 6.45) is 4.71. The van der Waals surface area contributed by atoms with Gasteiger partial charge in [0.15, 0.2) is 5.65 Å². The Hall–Kier alpha value is -2.90. The summed E-state index contributed by atoms with van der Waals surface area (Å²) in [5.74, 6) is 1.52. The van der Waals surface area contributed by atoms with Gasteiger partial charge in [0.1, 0.15) is 5.76 Å². The quantitative estimate of drug-likeness (QED) is 0.703. The predicted molar refractivity (Wildman–Crippen MR) is 103 cm³/mol. The largest absolute Gasteiger partial charge is 0.473 e. The molecule has 0 radical (unpaired) electrons. The molecule has 3 aromatic rings. The van der Waals surface area contributed by atoms with E-state index in [2.05, 4.69) is 20.3 Å². The highest BCUT2D eigenvalue weighted by Gasteiger charge is 2.27. The van der Waals surface area contributed by atoms with Crippen LogP contribution in [0.1, 0.15) is 50.5 Å². The number of hydrogen-bond acceptors (Lipinski definition) is 6. The van der Waals surface area contributed by atoms with E-state index in [4.69, 9.17) is 9.26 Å². The molecule has 1 aliphatic heterocycles. The molecule has 0 spiro atoms. The van der Waals surface area contributed by atoms with E-state index in [0.717, 1.165) is 36.1 Å². The van der Waals surface area contributed by atoms with Crippen molar-refractivity contribution in [1.29, 1.82) is 0 Å². The number of piperidine rings is 1. The SMILES string of the molecule is CC(C)Oc1cc(CCC(=O)N2CCCC(c3[nH]nc4ncccc34)C2)on1. The van der Waals surface area contributed by atoms with Crippen LogP contribution in [0.3, 0.4) is 0 Å². The molecule has 4 rings (SSSR count). The number of carbonyl (C=O) groups excluding carboxylic acids is 1. The summed E-state index contributed by atoms with van der Waals surface area (Å²) >= 11 is 0. The lowest BCUT2D eigenvalue weighted by atomic mass is 9.93. The van der Waals surface area contributed by atoms with Gasteiger partial charge in [-0.1, -0.05) is 0 Å². The number of amides is 1. The number of aromatic nitrogens is 4. The Kier molecular flexibility index (Phi) is 5.27. The second-order valence-electron chi connectivity index (χ2n) is 7.49. The number of H-pyrrole nitrogens is 1. The van der Waals surface area contributed by atoms with Gasteiger partial charge >= 0.3 is 0 Å². The van der Waals surface area contributed by atoms with Gasteiger partial charge in [0.25, 0.3) is 5.88 Å².